The average Bonchev–Trinajstić information content (AvgIpc) is 2.81. The summed E-state index contributed by atoms with van der Waals surface area (Å²) in [7, 11) is 6.01. The minimum atomic E-state index is -0.758. The van der Waals surface area contributed by atoms with Crippen LogP contribution in [0.4, 0.5) is 0 Å². The van der Waals surface area contributed by atoms with Gasteiger partial charge in [-0.05, 0) is 52.6 Å². The Balaban J connectivity index is 1.91. The monoisotopic (exact) mass is 282 g/mol. The fraction of sp³-hybridized carbons (Fsp3) is 0.867. The molecule has 20 heavy (non-hydrogen) atoms. The van der Waals surface area contributed by atoms with Gasteiger partial charge >= 0.3 is 5.97 Å². The van der Waals surface area contributed by atoms with Crippen molar-refractivity contribution in [3.05, 3.63) is 0 Å². The highest BCUT2D eigenvalue weighted by Gasteiger charge is 2.42. The maximum absolute atomic E-state index is 12.5. The SMILES string of the molecule is CN(CC1(N(C)C)CCC1)C(=O)[C@@H]1CC[C@H](C(=O)O)C1. The van der Waals surface area contributed by atoms with E-state index in [1.807, 2.05) is 11.9 Å². The van der Waals surface area contributed by atoms with Crippen LogP contribution >= 0.6 is 0 Å². The number of nitrogens with zero attached hydrogens (tertiary/aromatic N) is 2. The highest BCUT2D eigenvalue weighted by molar-refractivity contribution is 5.80. The Hall–Kier alpha value is -1.10. The lowest BCUT2D eigenvalue weighted by atomic mass is 9.75. The maximum atomic E-state index is 12.5. The summed E-state index contributed by atoms with van der Waals surface area (Å²) in [5, 5.41) is 9.03. The fourth-order valence-electron chi connectivity index (χ4n) is 3.59. The number of amides is 1. The molecule has 5 heteroatoms. The van der Waals surface area contributed by atoms with Crippen LogP contribution in [0.2, 0.25) is 0 Å². The zero-order valence-electron chi connectivity index (χ0n) is 12.8. The van der Waals surface area contributed by atoms with Gasteiger partial charge in [0.15, 0.2) is 0 Å². The van der Waals surface area contributed by atoms with Crippen LogP contribution in [0.5, 0.6) is 0 Å². The van der Waals surface area contributed by atoms with Gasteiger partial charge in [-0.15, -0.1) is 0 Å². The molecule has 0 heterocycles. The van der Waals surface area contributed by atoms with Gasteiger partial charge in [0.25, 0.3) is 0 Å². The first kappa shape index (κ1) is 15.3. The summed E-state index contributed by atoms with van der Waals surface area (Å²) in [5.74, 6) is -1.06. The van der Waals surface area contributed by atoms with Crippen LogP contribution in [-0.2, 0) is 9.59 Å². The molecule has 2 rings (SSSR count). The zero-order chi connectivity index (χ0) is 14.9. The highest BCUT2D eigenvalue weighted by Crippen LogP contribution is 2.38. The molecule has 2 fully saturated rings. The molecule has 0 unspecified atom stereocenters. The predicted molar refractivity (Wildman–Crippen MR) is 76.4 cm³/mol. The van der Waals surface area contributed by atoms with Crippen molar-refractivity contribution in [2.45, 2.75) is 44.1 Å². The van der Waals surface area contributed by atoms with Gasteiger partial charge in [0, 0.05) is 25.0 Å². The van der Waals surface area contributed by atoms with E-state index >= 15 is 0 Å². The number of likely N-dealkylation sites (N-methyl/N-ethyl adjacent to an activating group) is 2. The van der Waals surface area contributed by atoms with Crippen molar-refractivity contribution in [2.24, 2.45) is 11.8 Å². The predicted octanol–water partition coefficient (Wildman–Crippen LogP) is 1.43. The molecule has 0 aromatic carbocycles. The molecule has 0 spiro atoms. The lowest BCUT2D eigenvalue weighted by Crippen LogP contribution is -2.57. The molecule has 1 amide bonds. The van der Waals surface area contributed by atoms with Gasteiger partial charge in [-0.25, -0.2) is 0 Å². The second-order valence-corrected chi connectivity index (χ2v) is 6.71. The van der Waals surface area contributed by atoms with E-state index < -0.39 is 5.97 Å². The minimum Gasteiger partial charge on any atom is -0.481 e. The van der Waals surface area contributed by atoms with Gasteiger partial charge in [-0.1, -0.05) is 0 Å². The van der Waals surface area contributed by atoms with E-state index in [2.05, 4.69) is 19.0 Å². The molecule has 1 N–H and O–H groups in total. The molecule has 0 radical (unpaired) electrons. The second kappa shape index (κ2) is 5.72. The Morgan fingerprint density at radius 3 is 2.15 bits per heavy atom. The van der Waals surface area contributed by atoms with E-state index in [0.717, 1.165) is 25.8 Å². The lowest BCUT2D eigenvalue weighted by molar-refractivity contribution is -0.141. The molecule has 0 aliphatic heterocycles. The van der Waals surface area contributed by atoms with Gasteiger partial charge in [-0.3, -0.25) is 9.59 Å². The first-order chi connectivity index (χ1) is 9.35. The van der Waals surface area contributed by atoms with Crippen LogP contribution in [0, 0.1) is 11.8 Å². The van der Waals surface area contributed by atoms with Crippen molar-refractivity contribution in [1.82, 2.24) is 9.80 Å². The van der Waals surface area contributed by atoms with E-state index in [9.17, 15) is 9.59 Å². The molecule has 0 aromatic heterocycles. The summed E-state index contributed by atoms with van der Waals surface area (Å²) in [4.78, 5) is 27.5. The number of rotatable bonds is 5. The fourth-order valence-corrected chi connectivity index (χ4v) is 3.59. The maximum Gasteiger partial charge on any atom is 0.306 e. The van der Waals surface area contributed by atoms with Gasteiger partial charge in [0.05, 0.1) is 5.92 Å². The molecular weight excluding hydrogens is 256 g/mol. The highest BCUT2D eigenvalue weighted by atomic mass is 16.4. The third-order valence-corrected chi connectivity index (χ3v) is 5.27. The Labute approximate surface area is 120 Å². The number of hydrogen-bond donors (Lipinski definition) is 1. The average molecular weight is 282 g/mol. The largest absolute Gasteiger partial charge is 0.481 e. The number of carboxylic acids is 1. The molecule has 114 valence electrons. The number of carbonyl (C=O) groups excluding carboxylic acids is 1. The van der Waals surface area contributed by atoms with Crippen LogP contribution in [0.3, 0.4) is 0 Å². The zero-order valence-corrected chi connectivity index (χ0v) is 12.8. The van der Waals surface area contributed by atoms with Crippen LogP contribution in [0.15, 0.2) is 0 Å². The van der Waals surface area contributed by atoms with Gasteiger partial charge in [0.2, 0.25) is 5.91 Å². The number of hydrogen-bond acceptors (Lipinski definition) is 3. The number of carboxylic acid groups (broad SMARTS) is 1. The number of carbonyl (C=O) groups is 2. The minimum absolute atomic E-state index is 0.0969. The molecule has 2 saturated carbocycles. The summed E-state index contributed by atoms with van der Waals surface area (Å²) >= 11 is 0. The Morgan fingerprint density at radius 1 is 1.15 bits per heavy atom. The first-order valence-electron chi connectivity index (χ1n) is 7.51. The van der Waals surface area contributed by atoms with Crippen molar-refractivity contribution >= 4 is 11.9 Å². The van der Waals surface area contributed by atoms with E-state index in [0.29, 0.717) is 12.8 Å². The lowest BCUT2D eigenvalue weighted by Gasteiger charge is -2.49. The third kappa shape index (κ3) is 2.82. The summed E-state index contributed by atoms with van der Waals surface area (Å²) in [5.41, 5.74) is 0.134. The van der Waals surface area contributed by atoms with Crippen LogP contribution in [-0.4, -0.2) is 60.0 Å². The standard InChI is InChI=1S/C15H26N2O3/c1-16(2)15(7-4-8-15)10-17(3)13(18)11-5-6-12(9-11)14(19)20/h11-12H,4-10H2,1-3H3,(H,19,20)/t11-,12+/m1/s1. The molecule has 0 bridgehead atoms. The molecule has 0 aromatic rings. The normalized spacial score (nSPS) is 28.2. The van der Waals surface area contributed by atoms with Crippen molar-refractivity contribution in [3.8, 4) is 0 Å². The van der Waals surface area contributed by atoms with Crippen molar-refractivity contribution < 1.29 is 14.7 Å². The van der Waals surface area contributed by atoms with Gasteiger partial charge in [-0.2, -0.15) is 0 Å². The molecule has 2 aliphatic carbocycles. The van der Waals surface area contributed by atoms with Crippen LogP contribution in [0.1, 0.15) is 38.5 Å². The second-order valence-electron chi connectivity index (χ2n) is 6.71. The smallest absolute Gasteiger partial charge is 0.306 e. The first-order valence-corrected chi connectivity index (χ1v) is 7.51. The summed E-state index contributed by atoms with van der Waals surface area (Å²) < 4.78 is 0. The van der Waals surface area contributed by atoms with Crippen molar-refractivity contribution in [1.29, 1.82) is 0 Å². The molecule has 5 nitrogen and oxygen atoms in total. The van der Waals surface area contributed by atoms with E-state index in [4.69, 9.17) is 5.11 Å². The molecular formula is C15H26N2O3. The number of aliphatic carboxylic acids is 1. The Bertz CT molecular complexity index is 391. The summed E-state index contributed by atoms with van der Waals surface area (Å²) in [6.07, 6.45) is 5.37. The van der Waals surface area contributed by atoms with E-state index in [1.54, 1.807) is 0 Å². The summed E-state index contributed by atoms with van der Waals surface area (Å²) in [6.45, 7) is 0.757. The van der Waals surface area contributed by atoms with Crippen LogP contribution in [0.25, 0.3) is 0 Å². The van der Waals surface area contributed by atoms with Crippen molar-refractivity contribution in [2.75, 3.05) is 27.7 Å². The van der Waals surface area contributed by atoms with Gasteiger partial charge in [0.1, 0.15) is 0 Å². The topological polar surface area (TPSA) is 60.9 Å². The van der Waals surface area contributed by atoms with E-state index in [1.165, 1.54) is 6.42 Å². The van der Waals surface area contributed by atoms with Crippen molar-refractivity contribution in [3.63, 3.8) is 0 Å². The third-order valence-electron chi connectivity index (χ3n) is 5.27. The Morgan fingerprint density at radius 2 is 1.75 bits per heavy atom. The van der Waals surface area contributed by atoms with E-state index in [-0.39, 0.29) is 23.3 Å². The Kier molecular flexibility index (Phi) is 4.37. The summed E-state index contributed by atoms with van der Waals surface area (Å²) in [6, 6.07) is 0. The molecule has 2 atom stereocenters. The molecule has 0 saturated heterocycles. The van der Waals surface area contributed by atoms with Crippen LogP contribution < -0.4 is 0 Å². The molecule has 2 aliphatic rings. The van der Waals surface area contributed by atoms with Gasteiger partial charge < -0.3 is 14.9 Å². The quantitative estimate of drug-likeness (QED) is 0.828.